The molecule has 0 unspecified atom stereocenters. The van der Waals surface area contributed by atoms with Crippen LogP contribution in [0.5, 0.6) is 0 Å². The Labute approximate surface area is 103 Å². The number of hydrogen-bond donors (Lipinski definition) is 1. The quantitative estimate of drug-likeness (QED) is 0.859. The smallest absolute Gasteiger partial charge is 0.0949 e. The third-order valence-electron chi connectivity index (χ3n) is 3.08. The molecule has 0 amide bonds. The molecule has 4 heteroatoms. The monoisotopic (exact) mass is 241 g/mol. The molecule has 0 aliphatic carbocycles. The Balaban J connectivity index is 2.95. The van der Waals surface area contributed by atoms with Crippen molar-refractivity contribution in [3.05, 3.63) is 18.2 Å². The standard InChI is InChI=1S/C12H23N3S/c1-11(2,16-6)8-15-9-14-7-10(15)12(3,4)13-5/h7,9,13H,8H2,1-6H3. The van der Waals surface area contributed by atoms with Gasteiger partial charge in [0.15, 0.2) is 0 Å². The van der Waals surface area contributed by atoms with E-state index in [1.165, 1.54) is 5.69 Å². The van der Waals surface area contributed by atoms with E-state index in [1.807, 2.05) is 31.3 Å². The molecule has 1 rings (SSSR count). The second-order valence-electron chi connectivity index (χ2n) is 5.25. The Kier molecular flexibility index (Phi) is 4.07. The zero-order valence-corrected chi connectivity index (χ0v) is 12.0. The molecule has 0 radical (unpaired) electrons. The van der Waals surface area contributed by atoms with Gasteiger partial charge < -0.3 is 9.88 Å². The maximum atomic E-state index is 4.27. The van der Waals surface area contributed by atoms with Crippen LogP contribution in [0.25, 0.3) is 0 Å². The molecule has 1 aromatic heterocycles. The van der Waals surface area contributed by atoms with Gasteiger partial charge in [0.2, 0.25) is 0 Å². The van der Waals surface area contributed by atoms with Crippen LogP contribution in [0.4, 0.5) is 0 Å². The second-order valence-corrected chi connectivity index (χ2v) is 6.76. The summed E-state index contributed by atoms with van der Waals surface area (Å²) in [7, 11) is 1.98. The number of nitrogens with zero attached hydrogens (tertiary/aromatic N) is 2. The van der Waals surface area contributed by atoms with Crippen molar-refractivity contribution in [3.63, 3.8) is 0 Å². The maximum Gasteiger partial charge on any atom is 0.0949 e. The highest BCUT2D eigenvalue weighted by Gasteiger charge is 2.25. The van der Waals surface area contributed by atoms with Gasteiger partial charge in [-0.15, -0.1) is 0 Å². The number of rotatable bonds is 5. The average Bonchev–Trinajstić information content (AvgIpc) is 2.66. The third kappa shape index (κ3) is 3.01. The SMILES string of the molecule is CNC(C)(C)c1cncn1CC(C)(C)SC. The minimum atomic E-state index is -0.0367. The van der Waals surface area contributed by atoms with Crippen molar-refractivity contribution in [2.24, 2.45) is 0 Å². The average molecular weight is 241 g/mol. The van der Waals surface area contributed by atoms with Gasteiger partial charge in [0, 0.05) is 17.5 Å². The summed E-state index contributed by atoms with van der Waals surface area (Å²) in [6, 6.07) is 0. The van der Waals surface area contributed by atoms with E-state index in [0.717, 1.165) is 6.54 Å². The Hall–Kier alpha value is -0.480. The molecule has 0 atom stereocenters. The minimum absolute atomic E-state index is 0.0367. The molecule has 92 valence electrons. The van der Waals surface area contributed by atoms with Crippen LogP contribution in [0.3, 0.4) is 0 Å². The van der Waals surface area contributed by atoms with Crippen molar-refractivity contribution < 1.29 is 0 Å². The summed E-state index contributed by atoms with van der Waals surface area (Å²) < 4.78 is 2.48. The third-order valence-corrected chi connectivity index (χ3v) is 4.32. The maximum absolute atomic E-state index is 4.27. The van der Waals surface area contributed by atoms with Crippen LogP contribution in [-0.2, 0) is 12.1 Å². The fraction of sp³-hybridized carbons (Fsp3) is 0.750. The number of thioether (sulfide) groups is 1. The first kappa shape index (κ1) is 13.6. The summed E-state index contributed by atoms with van der Waals surface area (Å²) in [4.78, 5) is 4.27. The highest BCUT2D eigenvalue weighted by molar-refractivity contribution is 7.99. The molecule has 16 heavy (non-hydrogen) atoms. The van der Waals surface area contributed by atoms with Crippen LogP contribution >= 0.6 is 11.8 Å². The molecule has 0 saturated carbocycles. The van der Waals surface area contributed by atoms with E-state index in [1.54, 1.807) is 0 Å². The molecule has 0 aliphatic rings. The largest absolute Gasteiger partial charge is 0.332 e. The van der Waals surface area contributed by atoms with Gasteiger partial charge in [-0.1, -0.05) is 0 Å². The van der Waals surface area contributed by atoms with Gasteiger partial charge in [-0.2, -0.15) is 11.8 Å². The van der Waals surface area contributed by atoms with Crippen molar-refractivity contribution in [2.75, 3.05) is 13.3 Å². The van der Waals surface area contributed by atoms with Crippen molar-refractivity contribution >= 4 is 11.8 Å². The molecular weight excluding hydrogens is 218 g/mol. The molecule has 1 aromatic rings. The fourth-order valence-electron chi connectivity index (χ4n) is 1.57. The zero-order valence-electron chi connectivity index (χ0n) is 11.2. The van der Waals surface area contributed by atoms with Gasteiger partial charge in [-0.3, -0.25) is 0 Å². The van der Waals surface area contributed by atoms with Gasteiger partial charge in [0.1, 0.15) is 0 Å². The lowest BCUT2D eigenvalue weighted by molar-refractivity contribution is 0.399. The summed E-state index contributed by atoms with van der Waals surface area (Å²) >= 11 is 1.88. The van der Waals surface area contributed by atoms with E-state index in [2.05, 4.69) is 48.8 Å². The molecule has 3 nitrogen and oxygen atoms in total. The Bertz CT molecular complexity index is 342. The molecular formula is C12H23N3S. The van der Waals surface area contributed by atoms with Crippen molar-refractivity contribution in [1.29, 1.82) is 0 Å². The molecule has 0 fully saturated rings. The van der Waals surface area contributed by atoms with Gasteiger partial charge in [0.05, 0.1) is 17.6 Å². The Morgan fingerprint density at radius 3 is 2.50 bits per heavy atom. The van der Waals surface area contributed by atoms with E-state index < -0.39 is 0 Å². The zero-order chi connectivity index (χ0) is 12.4. The first-order valence-corrected chi connectivity index (χ1v) is 6.79. The lowest BCUT2D eigenvalue weighted by Crippen LogP contribution is -2.37. The predicted octanol–water partition coefficient (Wildman–Crippen LogP) is 2.48. The number of aromatic nitrogens is 2. The normalized spacial score (nSPS) is 13.1. The van der Waals surface area contributed by atoms with Crippen molar-refractivity contribution in [3.8, 4) is 0 Å². The molecule has 0 aliphatic heterocycles. The molecule has 0 saturated heterocycles. The minimum Gasteiger partial charge on any atom is -0.332 e. The van der Waals surface area contributed by atoms with E-state index >= 15 is 0 Å². The second kappa shape index (κ2) is 4.80. The summed E-state index contributed by atoms with van der Waals surface area (Å²) in [6.07, 6.45) is 6.03. The summed E-state index contributed by atoms with van der Waals surface area (Å²) in [5.74, 6) is 0. The summed E-state index contributed by atoms with van der Waals surface area (Å²) in [5, 5.41) is 3.32. The number of imidazole rings is 1. The van der Waals surface area contributed by atoms with Crippen LogP contribution in [0, 0.1) is 0 Å². The first-order chi connectivity index (χ1) is 7.32. The highest BCUT2D eigenvalue weighted by Crippen LogP contribution is 2.26. The highest BCUT2D eigenvalue weighted by atomic mass is 32.2. The molecule has 0 spiro atoms. The van der Waals surface area contributed by atoms with Gasteiger partial charge in [0.25, 0.3) is 0 Å². The van der Waals surface area contributed by atoms with Crippen LogP contribution < -0.4 is 5.32 Å². The van der Waals surface area contributed by atoms with Crippen molar-refractivity contribution in [2.45, 2.75) is 44.5 Å². The van der Waals surface area contributed by atoms with Crippen LogP contribution in [-0.4, -0.2) is 27.6 Å². The van der Waals surface area contributed by atoms with Crippen LogP contribution in [0.2, 0.25) is 0 Å². The summed E-state index contributed by atoms with van der Waals surface area (Å²) in [5.41, 5.74) is 1.20. The summed E-state index contributed by atoms with van der Waals surface area (Å²) in [6.45, 7) is 9.84. The van der Waals surface area contributed by atoms with Gasteiger partial charge in [-0.05, 0) is 41.0 Å². The van der Waals surface area contributed by atoms with E-state index in [9.17, 15) is 0 Å². The number of hydrogen-bond acceptors (Lipinski definition) is 3. The molecule has 0 aromatic carbocycles. The first-order valence-electron chi connectivity index (χ1n) is 5.57. The van der Waals surface area contributed by atoms with E-state index in [4.69, 9.17) is 0 Å². The Morgan fingerprint density at radius 2 is 2.00 bits per heavy atom. The lowest BCUT2D eigenvalue weighted by Gasteiger charge is -2.29. The van der Waals surface area contributed by atoms with Crippen molar-refractivity contribution in [1.82, 2.24) is 14.9 Å². The van der Waals surface area contributed by atoms with Crippen LogP contribution in [0.15, 0.2) is 12.5 Å². The van der Waals surface area contributed by atoms with E-state index in [0.29, 0.717) is 0 Å². The van der Waals surface area contributed by atoms with Crippen LogP contribution in [0.1, 0.15) is 33.4 Å². The Morgan fingerprint density at radius 1 is 1.38 bits per heavy atom. The molecule has 0 bridgehead atoms. The topological polar surface area (TPSA) is 29.9 Å². The van der Waals surface area contributed by atoms with E-state index in [-0.39, 0.29) is 10.3 Å². The molecule has 1 heterocycles. The number of nitrogens with one attached hydrogen (secondary N) is 1. The van der Waals surface area contributed by atoms with Gasteiger partial charge >= 0.3 is 0 Å². The fourth-order valence-corrected chi connectivity index (χ4v) is 1.84. The predicted molar refractivity (Wildman–Crippen MR) is 71.9 cm³/mol. The molecule has 1 N–H and O–H groups in total. The lowest BCUT2D eigenvalue weighted by atomic mass is 10.0. The van der Waals surface area contributed by atoms with Gasteiger partial charge in [-0.25, -0.2) is 4.98 Å².